The van der Waals surface area contributed by atoms with E-state index in [1.54, 1.807) is 0 Å². The maximum Gasteiger partial charge on any atom is 0.303 e. The number of carboxylic acid groups (broad SMARTS) is 1. The lowest BCUT2D eigenvalue weighted by atomic mass is 9.44. The summed E-state index contributed by atoms with van der Waals surface area (Å²) in [5.41, 5.74) is 0.882. The van der Waals surface area contributed by atoms with Gasteiger partial charge >= 0.3 is 5.97 Å². The van der Waals surface area contributed by atoms with Gasteiger partial charge in [-0.05, 0) is 111 Å². The Balaban J connectivity index is 1.51. The minimum atomic E-state index is -0.643. The van der Waals surface area contributed by atoms with Crippen LogP contribution in [0, 0.1) is 46.3 Å². The molecule has 0 aromatic rings. The zero-order valence-electron chi connectivity index (χ0n) is 17.6. The molecule has 0 aliphatic heterocycles. The predicted octanol–water partition coefficient (Wildman–Crippen LogP) is 5.51. The lowest BCUT2D eigenvalue weighted by Crippen LogP contribution is -2.54. The fourth-order valence-corrected chi connectivity index (χ4v) is 8.76. The molecule has 0 aromatic heterocycles. The summed E-state index contributed by atoms with van der Waals surface area (Å²) in [5, 5.41) is 19.3. The van der Waals surface area contributed by atoms with E-state index in [-0.39, 0.29) is 6.10 Å². The van der Waals surface area contributed by atoms with Crippen LogP contribution in [0.3, 0.4) is 0 Å². The monoisotopic (exact) mass is 376 g/mol. The number of aliphatic hydroxyl groups is 1. The van der Waals surface area contributed by atoms with E-state index in [9.17, 15) is 9.90 Å². The molecule has 0 heterocycles. The first-order valence-electron chi connectivity index (χ1n) is 11.7. The molecule has 0 radical (unpaired) electrons. The predicted molar refractivity (Wildman–Crippen MR) is 107 cm³/mol. The Morgan fingerprint density at radius 1 is 1.00 bits per heavy atom. The summed E-state index contributed by atoms with van der Waals surface area (Å²) >= 11 is 0. The quantitative estimate of drug-likeness (QED) is 0.680. The first-order chi connectivity index (χ1) is 12.8. The van der Waals surface area contributed by atoms with E-state index in [0.717, 1.165) is 42.9 Å². The van der Waals surface area contributed by atoms with Crippen LogP contribution < -0.4 is 0 Å². The van der Waals surface area contributed by atoms with Crippen LogP contribution in [0.15, 0.2) is 0 Å². The minimum Gasteiger partial charge on any atom is -0.481 e. The second-order valence-corrected chi connectivity index (χ2v) is 11.2. The van der Waals surface area contributed by atoms with Gasteiger partial charge in [0.05, 0.1) is 6.10 Å². The Kier molecular flexibility index (Phi) is 5.15. The summed E-state index contributed by atoms with van der Waals surface area (Å²) in [7, 11) is 0. The van der Waals surface area contributed by atoms with Crippen LogP contribution in [0.5, 0.6) is 0 Å². The van der Waals surface area contributed by atoms with E-state index in [2.05, 4.69) is 20.8 Å². The first kappa shape index (κ1) is 19.7. The second kappa shape index (κ2) is 7.04. The second-order valence-electron chi connectivity index (χ2n) is 11.2. The normalized spacial score (nSPS) is 50.4. The van der Waals surface area contributed by atoms with E-state index in [0.29, 0.717) is 29.1 Å². The third-order valence-electron chi connectivity index (χ3n) is 10.2. The maximum atomic E-state index is 11.0. The van der Waals surface area contributed by atoms with Crippen molar-refractivity contribution in [3.8, 4) is 0 Å². The zero-order chi connectivity index (χ0) is 19.4. The van der Waals surface area contributed by atoms with E-state index < -0.39 is 5.97 Å². The number of hydrogen-bond acceptors (Lipinski definition) is 2. The number of rotatable bonds is 4. The third-order valence-corrected chi connectivity index (χ3v) is 10.2. The van der Waals surface area contributed by atoms with E-state index in [1.807, 2.05) is 0 Å². The van der Waals surface area contributed by atoms with Crippen molar-refractivity contribution in [1.82, 2.24) is 0 Å². The molecule has 4 aliphatic rings. The molecule has 27 heavy (non-hydrogen) atoms. The molecule has 154 valence electrons. The van der Waals surface area contributed by atoms with Crippen molar-refractivity contribution in [1.29, 1.82) is 0 Å². The SMILES string of the molecule is C[C@H](CCC(=O)O)C1CC[C@H]2[C@@H]3CC[C@H]4C[C@@H](O)CC[C@]4(C)[C@H]3CC[C@]12C. The topological polar surface area (TPSA) is 57.5 Å². The highest BCUT2D eigenvalue weighted by atomic mass is 16.4. The van der Waals surface area contributed by atoms with Crippen LogP contribution in [0.1, 0.15) is 91.4 Å². The van der Waals surface area contributed by atoms with Crippen molar-refractivity contribution in [2.24, 2.45) is 46.3 Å². The molecule has 3 nitrogen and oxygen atoms in total. The molecule has 4 rings (SSSR count). The summed E-state index contributed by atoms with van der Waals surface area (Å²) in [4.78, 5) is 11.0. The van der Waals surface area contributed by atoms with Gasteiger partial charge in [0.1, 0.15) is 0 Å². The van der Waals surface area contributed by atoms with E-state index in [4.69, 9.17) is 5.11 Å². The number of hydrogen-bond donors (Lipinski definition) is 2. The highest BCUT2D eigenvalue weighted by Gasteiger charge is 2.60. The van der Waals surface area contributed by atoms with Crippen LogP contribution in [-0.2, 0) is 4.79 Å². The molecule has 0 bridgehead atoms. The maximum absolute atomic E-state index is 11.0. The minimum absolute atomic E-state index is 0.0561. The van der Waals surface area contributed by atoms with Gasteiger partial charge < -0.3 is 10.2 Å². The van der Waals surface area contributed by atoms with Crippen molar-refractivity contribution >= 4 is 5.97 Å². The molecule has 3 heteroatoms. The fraction of sp³-hybridized carbons (Fsp3) is 0.958. The zero-order valence-corrected chi connectivity index (χ0v) is 17.6. The molecule has 4 fully saturated rings. The number of carboxylic acids is 1. The largest absolute Gasteiger partial charge is 0.481 e. The molecule has 4 saturated carbocycles. The molecule has 9 atom stereocenters. The summed E-state index contributed by atoms with van der Waals surface area (Å²) in [6.07, 6.45) is 12.4. The van der Waals surface area contributed by atoms with Crippen LogP contribution >= 0.6 is 0 Å². The Labute approximate surface area is 165 Å². The molecule has 1 unspecified atom stereocenters. The number of aliphatic hydroxyl groups excluding tert-OH is 1. The van der Waals surface area contributed by atoms with Gasteiger partial charge in [0.2, 0.25) is 0 Å². The van der Waals surface area contributed by atoms with Gasteiger partial charge in [-0.25, -0.2) is 0 Å². The summed E-state index contributed by atoms with van der Waals surface area (Å²) in [5.74, 6) is 3.91. The lowest BCUT2D eigenvalue weighted by Gasteiger charge is -2.61. The van der Waals surface area contributed by atoms with E-state index in [1.165, 1.54) is 44.9 Å². The standard InChI is InChI=1S/C24H40O3/c1-15(4-9-22(26)27)19-7-8-20-18-6-5-16-14-17(25)10-12-23(16,2)21(18)11-13-24(19,20)3/h15-21,25H,4-14H2,1-3H3,(H,26,27)/t15-,16+,17+,18+,19?,20+,21+,23+,24-/m1/s1. The Hall–Kier alpha value is -0.570. The molecular weight excluding hydrogens is 336 g/mol. The van der Waals surface area contributed by atoms with Crippen LogP contribution in [0.4, 0.5) is 0 Å². The molecule has 4 aliphatic carbocycles. The van der Waals surface area contributed by atoms with Gasteiger partial charge in [-0.15, -0.1) is 0 Å². The average Bonchev–Trinajstić information content (AvgIpc) is 2.97. The highest BCUT2D eigenvalue weighted by molar-refractivity contribution is 5.66. The summed E-state index contributed by atoms with van der Waals surface area (Å²) in [6.45, 7) is 7.43. The van der Waals surface area contributed by atoms with Gasteiger partial charge in [-0.2, -0.15) is 0 Å². The van der Waals surface area contributed by atoms with Crippen molar-refractivity contribution < 1.29 is 15.0 Å². The lowest BCUT2D eigenvalue weighted by molar-refractivity contribution is -0.138. The molecule has 0 saturated heterocycles. The van der Waals surface area contributed by atoms with Crippen LogP contribution in [-0.4, -0.2) is 22.3 Å². The molecule has 2 N–H and O–H groups in total. The Morgan fingerprint density at radius 2 is 1.70 bits per heavy atom. The van der Waals surface area contributed by atoms with Gasteiger partial charge in [-0.1, -0.05) is 20.8 Å². The fourth-order valence-electron chi connectivity index (χ4n) is 8.76. The molecular formula is C24H40O3. The first-order valence-corrected chi connectivity index (χ1v) is 11.7. The van der Waals surface area contributed by atoms with Crippen molar-refractivity contribution in [2.75, 3.05) is 0 Å². The van der Waals surface area contributed by atoms with Gasteiger partial charge in [0, 0.05) is 6.42 Å². The van der Waals surface area contributed by atoms with Crippen LogP contribution in [0.25, 0.3) is 0 Å². The highest BCUT2D eigenvalue weighted by Crippen LogP contribution is 2.68. The summed E-state index contributed by atoms with van der Waals surface area (Å²) < 4.78 is 0. The van der Waals surface area contributed by atoms with Crippen LogP contribution in [0.2, 0.25) is 0 Å². The van der Waals surface area contributed by atoms with E-state index >= 15 is 0 Å². The molecule has 0 amide bonds. The average molecular weight is 377 g/mol. The molecule has 0 spiro atoms. The van der Waals surface area contributed by atoms with Gasteiger partial charge in [0.25, 0.3) is 0 Å². The van der Waals surface area contributed by atoms with Crippen molar-refractivity contribution in [3.63, 3.8) is 0 Å². The Morgan fingerprint density at radius 3 is 2.44 bits per heavy atom. The number of carbonyl (C=O) groups is 1. The number of fused-ring (bicyclic) bond motifs is 5. The van der Waals surface area contributed by atoms with Gasteiger partial charge in [0.15, 0.2) is 0 Å². The van der Waals surface area contributed by atoms with Gasteiger partial charge in [-0.3, -0.25) is 4.79 Å². The van der Waals surface area contributed by atoms with Crippen molar-refractivity contribution in [2.45, 2.75) is 97.5 Å². The number of aliphatic carboxylic acids is 1. The molecule has 0 aromatic carbocycles. The smallest absolute Gasteiger partial charge is 0.303 e. The summed E-state index contributed by atoms with van der Waals surface area (Å²) in [6, 6.07) is 0. The van der Waals surface area contributed by atoms with Crippen molar-refractivity contribution in [3.05, 3.63) is 0 Å². The Bertz CT molecular complexity index is 574. The third kappa shape index (κ3) is 3.16.